The molecule has 1 aromatic heterocycles. The molecule has 1 heterocycles. The lowest BCUT2D eigenvalue weighted by atomic mass is 10.3. The molecule has 2 rings (SSSR count). The van der Waals surface area contributed by atoms with E-state index in [1.54, 1.807) is 12.1 Å². The van der Waals surface area contributed by atoms with Crippen LogP contribution in [0.15, 0.2) is 41.2 Å². The van der Waals surface area contributed by atoms with E-state index >= 15 is 0 Å². The maximum absolute atomic E-state index is 11.9. The van der Waals surface area contributed by atoms with Crippen molar-refractivity contribution in [3.8, 4) is 0 Å². The van der Waals surface area contributed by atoms with Gasteiger partial charge in [-0.05, 0) is 46.9 Å². The van der Waals surface area contributed by atoms with E-state index in [-0.39, 0.29) is 11.3 Å². The van der Waals surface area contributed by atoms with Crippen LogP contribution in [0.5, 0.6) is 0 Å². The molecule has 0 aliphatic rings. The van der Waals surface area contributed by atoms with E-state index in [1.807, 2.05) is 6.07 Å². The molecule has 0 saturated carbocycles. The number of carbonyl (C=O) groups is 1. The minimum absolute atomic E-state index is 0.192. The minimum Gasteiger partial charge on any atom is -0.319 e. The third-order valence-electron chi connectivity index (χ3n) is 2.19. The summed E-state index contributed by atoms with van der Waals surface area (Å²) >= 11 is 8.13. The summed E-state index contributed by atoms with van der Waals surface area (Å²) in [4.78, 5) is 25.4. The Kier molecular flexibility index (Phi) is 4.03. The number of carbonyl (C=O) groups excluding carboxylic acids is 1. The van der Waals surface area contributed by atoms with Gasteiger partial charge in [-0.2, -0.15) is 0 Å². The molecule has 2 aromatic rings. The third kappa shape index (κ3) is 3.11. The minimum atomic E-state index is -0.407. The molecular weight excluding hydrogens is 367 g/mol. The van der Waals surface area contributed by atoms with Gasteiger partial charge in [0, 0.05) is 9.64 Å². The van der Waals surface area contributed by atoms with Crippen LogP contribution in [0, 0.1) is 3.57 Å². The predicted molar refractivity (Wildman–Crippen MR) is 79.2 cm³/mol. The number of aromatic nitrogens is 1. The molecule has 0 spiro atoms. The zero-order valence-corrected chi connectivity index (χ0v) is 11.9. The highest BCUT2D eigenvalue weighted by molar-refractivity contribution is 14.1. The summed E-state index contributed by atoms with van der Waals surface area (Å²) in [7, 11) is 0. The van der Waals surface area contributed by atoms with Crippen LogP contribution in [-0.2, 0) is 0 Å². The molecule has 0 fully saturated rings. The molecule has 1 aromatic carbocycles. The summed E-state index contributed by atoms with van der Waals surface area (Å²) in [5, 5.41) is 3.09. The SMILES string of the molecule is O=C(Nc1ccc(I)cc1Cl)c1cccc(=O)[nH]1. The second-order valence-corrected chi connectivity index (χ2v) is 5.16. The largest absolute Gasteiger partial charge is 0.319 e. The highest BCUT2D eigenvalue weighted by Crippen LogP contribution is 2.24. The first-order valence-corrected chi connectivity index (χ1v) is 6.47. The van der Waals surface area contributed by atoms with E-state index in [9.17, 15) is 9.59 Å². The Morgan fingerprint density at radius 1 is 1.28 bits per heavy atom. The van der Waals surface area contributed by atoms with Crippen molar-refractivity contribution in [2.45, 2.75) is 0 Å². The van der Waals surface area contributed by atoms with Gasteiger partial charge in [-0.1, -0.05) is 17.7 Å². The van der Waals surface area contributed by atoms with Crippen molar-refractivity contribution < 1.29 is 4.79 Å². The van der Waals surface area contributed by atoms with Gasteiger partial charge in [-0.15, -0.1) is 0 Å². The standard InChI is InChI=1S/C12H8ClIN2O2/c13-8-6-7(14)4-5-9(8)16-12(18)10-2-1-3-11(17)15-10/h1-6H,(H,15,17)(H,16,18). The second-order valence-electron chi connectivity index (χ2n) is 3.51. The Bertz CT molecular complexity index is 655. The molecule has 0 aliphatic carbocycles. The van der Waals surface area contributed by atoms with Crippen LogP contribution in [0.25, 0.3) is 0 Å². The fraction of sp³-hybridized carbons (Fsp3) is 0. The maximum atomic E-state index is 11.9. The number of anilines is 1. The molecule has 6 heteroatoms. The van der Waals surface area contributed by atoms with Crippen molar-refractivity contribution in [3.05, 3.63) is 61.0 Å². The first-order chi connectivity index (χ1) is 8.56. The van der Waals surface area contributed by atoms with Crippen molar-refractivity contribution in [1.82, 2.24) is 4.98 Å². The predicted octanol–water partition coefficient (Wildman–Crippen LogP) is 2.89. The number of amides is 1. The molecule has 1 amide bonds. The van der Waals surface area contributed by atoms with Crippen LogP contribution in [0.1, 0.15) is 10.5 Å². The zero-order chi connectivity index (χ0) is 13.1. The van der Waals surface area contributed by atoms with Crippen LogP contribution in [0.2, 0.25) is 5.02 Å². The molecule has 2 N–H and O–H groups in total. The molecule has 0 radical (unpaired) electrons. The number of hydrogen-bond acceptors (Lipinski definition) is 2. The van der Waals surface area contributed by atoms with Gasteiger partial charge in [-0.25, -0.2) is 0 Å². The molecular formula is C12H8ClIN2O2. The van der Waals surface area contributed by atoms with Gasteiger partial charge in [0.1, 0.15) is 5.69 Å². The van der Waals surface area contributed by atoms with Gasteiger partial charge in [0.2, 0.25) is 5.56 Å². The highest BCUT2D eigenvalue weighted by Gasteiger charge is 2.09. The van der Waals surface area contributed by atoms with Gasteiger partial charge in [-0.3, -0.25) is 9.59 Å². The smallest absolute Gasteiger partial charge is 0.272 e. The molecule has 18 heavy (non-hydrogen) atoms. The van der Waals surface area contributed by atoms with E-state index in [0.29, 0.717) is 10.7 Å². The molecule has 0 saturated heterocycles. The Balaban J connectivity index is 2.24. The molecule has 0 aliphatic heterocycles. The van der Waals surface area contributed by atoms with Gasteiger partial charge in [0.25, 0.3) is 5.91 Å². The van der Waals surface area contributed by atoms with Crippen LogP contribution in [0.3, 0.4) is 0 Å². The van der Waals surface area contributed by atoms with Gasteiger partial charge in [0.05, 0.1) is 10.7 Å². The first-order valence-electron chi connectivity index (χ1n) is 5.02. The van der Waals surface area contributed by atoms with Crippen molar-refractivity contribution in [2.75, 3.05) is 5.32 Å². The number of pyridine rings is 1. The van der Waals surface area contributed by atoms with Crippen molar-refractivity contribution in [3.63, 3.8) is 0 Å². The Morgan fingerprint density at radius 3 is 2.72 bits per heavy atom. The lowest BCUT2D eigenvalue weighted by molar-refractivity contribution is 0.102. The summed E-state index contributed by atoms with van der Waals surface area (Å²) < 4.78 is 0.976. The van der Waals surface area contributed by atoms with Gasteiger partial charge in [0.15, 0.2) is 0 Å². The number of H-pyrrole nitrogens is 1. The number of hydrogen-bond donors (Lipinski definition) is 2. The first kappa shape index (κ1) is 13.1. The van der Waals surface area contributed by atoms with Gasteiger partial charge >= 0.3 is 0 Å². The normalized spacial score (nSPS) is 10.1. The van der Waals surface area contributed by atoms with E-state index in [2.05, 4.69) is 32.9 Å². The average molecular weight is 375 g/mol. The Morgan fingerprint density at radius 2 is 2.06 bits per heavy atom. The third-order valence-corrected chi connectivity index (χ3v) is 3.18. The zero-order valence-electron chi connectivity index (χ0n) is 9.04. The number of halogens is 2. The van der Waals surface area contributed by atoms with Crippen molar-refractivity contribution >= 4 is 45.8 Å². The van der Waals surface area contributed by atoms with Gasteiger partial charge < -0.3 is 10.3 Å². The van der Waals surface area contributed by atoms with E-state index in [1.165, 1.54) is 18.2 Å². The topological polar surface area (TPSA) is 62.0 Å². The molecule has 0 unspecified atom stereocenters. The number of nitrogens with one attached hydrogen (secondary N) is 2. The summed E-state index contributed by atoms with van der Waals surface area (Å²) in [5.74, 6) is -0.407. The van der Waals surface area contributed by atoms with E-state index in [4.69, 9.17) is 11.6 Å². The monoisotopic (exact) mass is 374 g/mol. The molecule has 0 atom stereocenters. The van der Waals surface area contributed by atoms with Crippen LogP contribution in [0.4, 0.5) is 5.69 Å². The lowest BCUT2D eigenvalue weighted by Gasteiger charge is -2.07. The molecule has 4 nitrogen and oxygen atoms in total. The summed E-state index contributed by atoms with van der Waals surface area (Å²) in [6, 6.07) is 9.67. The van der Waals surface area contributed by atoms with Crippen LogP contribution >= 0.6 is 34.2 Å². The number of aromatic amines is 1. The second kappa shape index (κ2) is 5.53. The number of rotatable bonds is 2. The summed E-state index contributed by atoms with van der Waals surface area (Å²) in [5.41, 5.74) is 0.375. The molecule has 92 valence electrons. The maximum Gasteiger partial charge on any atom is 0.272 e. The average Bonchev–Trinajstić information content (AvgIpc) is 2.32. The van der Waals surface area contributed by atoms with E-state index in [0.717, 1.165) is 3.57 Å². The van der Waals surface area contributed by atoms with E-state index < -0.39 is 5.91 Å². The Labute approximate surface area is 122 Å². The van der Waals surface area contributed by atoms with Crippen LogP contribution in [-0.4, -0.2) is 10.9 Å². The van der Waals surface area contributed by atoms with Crippen molar-refractivity contribution in [2.24, 2.45) is 0 Å². The van der Waals surface area contributed by atoms with Crippen LogP contribution < -0.4 is 10.9 Å². The summed E-state index contributed by atoms with van der Waals surface area (Å²) in [6.07, 6.45) is 0. The fourth-order valence-corrected chi connectivity index (χ4v) is 2.26. The quantitative estimate of drug-likeness (QED) is 0.794. The Hall–Kier alpha value is -1.34. The fourth-order valence-electron chi connectivity index (χ4n) is 1.36. The molecule has 0 bridgehead atoms. The lowest BCUT2D eigenvalue weighted by Crippen LogP contribution is -2.18. The summed E-state index contributed by atoms with van der Waals surface area (Å²) in [6.45, 7) is 0. The van der Waals surface area contributed by atoms with Crippen molar-refractivity contribution in [1.29, 1.82) is 0 Å². The highest BCUT2D eigenvalue weighted by atomic mass is 127. The number of benzene rings is 1.